The summed E-state index contributed by atoms with van der Waals surface area (Å²) in [4.78, 5) is 42.8. The lowest BCUT2D eigenvalue weighted by Gasteiger charge is -2.12. The van der Waals surface area contributed by atoms with Crippen LogP contribution < -0.4 is 5.32 Å². The lowest BCUT2D eigenvalue weighted by atomic mass is 10.1. The number of carbonyl (C=O) groups is 3. The number of benzene rings is 1. The van der Waals surface area contributed by atoms with E-state index in [0.717, 1.165) is 0 Å². The van der Waals surface area contributed by atoms with Crippen molar-refractivity contribution in [3.63, 3.8) is 0 Å². The third-order valence-electron chi connectivity index (χ3n) is 2.52. The van der Waals surface area contributed by atoms with E-state index in [9.17, 15) is 24.5 Å². The molecule has 0 radical (unpaired) electrons. The van der Waals surface area contributed by atoms with Crippen molar-refractivity contribution in [1.82, 2.24) is 5.32 Å². The van der Waals surface area contributed by atoms with E-state index in [1.165, 1.54) is 24.3 Å². The van der Waals surface area contributed by atoms with Crippen molar-refractivity contribution in [2.24, 2.45) is 0 Å². The Morgan fingerprint density at radius 1 is 1.19 bits per heavy atom. The summed E-state index contributed by atoms with van der Waals surface area (Å²) in [5.74, 6) is -3.48. The molecule has 9 nitrogen and oxygen atoms in total. The molecule has 1 aromatic rings. The Balaban J connectivity index is 2.65. The molecule has 0 unspecified atom stereocenters. The van der Waals surface area contributed by atoms with Gasteiger partial charge >= 0.3 is 11.9 Å². The van der Waals surface area contributed by atoms with Gasteiger partial charge in [-0.3, -0.25) is 19.7 Å². The summed E-state index contributed by atoms with van der Waals surface area (Å²) < 4.78 is 0. The van der Waals surface area contributed by atoms with Crippen LogP contribution in [0.25, 0.3) is 0 Å². The van der Waals surface area contributed by atoms with Gasteiger partial charge in [-0.2, -0.15) is 0 Å². The fourth-order valence-corrected chi connectivity index (χ4v) is 1.54. The Morgan fingerprint density at radius 3 is 2.19 bits per heavy atom. The number of nitrogens with zero attached hydrogens (tertiary/aromatic N) is 1. The maximum atomic E-state index is 11.6. The zero-order valence-corrected chi connectivity index (χ0v) is 10.7. The molecule has 0 aliphatic rings. The van der Waals surface area contributed by atoms with E-state index < -0.39 is 35.2 Å². The van der Waals surface area contributed by atoms with E-state index >= 15 is 0 Å². The number of amides is 1. The van der Waals surface area contributed by atoms with Gasteiger partial charge in [0.05, 0.1) is 17.8 Å². The highest BCUT2D eigenvalue weighted by molar-refractivity contribution is 5.87. The fourth-order valence-electron chi connectivity index (χ4n) is 1.54. The zero-order valence-electron chi connectivity index (χ0n) is 10.7. The maximum Gasteiger partial charge on any atom is 0.326 e. The molecule has 0 aliphatic carbocycles. The van der Waals surface area contributed by atoms with Crippen LogP contribution in [0.3, 0.4) is 0 Å². The molecule has 1 amide bonds. The normalized spacial score (nSPS) is 11.4. The van der Waals surface area contributed by atoms with Gasteiger partial charge < -0.3 is 15.5 Å². The first-order valence-corrected chi connectivity index (χ1v) is 5.77. The number of hydrogen-bond donors (Lipinski definition) is 3. The van der Waals surface area contributed by atoms with Gasteiger partial charge in [0, 0.05) is 12.1 Å². The van der Waals surface area contributed by atoms with Gasteiger partial charge in [0.15, 0.2) is 0 Å². The third kappa shape index (κ3) is 5.27. The predicted molar refractivity (Wildman–Crippen MR) is 68.6 cm³/mol. The summed E-state index contributed by atoms with van der Waals surface area (Å²) in [5, 5.41) is 29.9. The van der Waals surface area contributed by atoms with Crippen molar-refractivity contribution < 1.29 is 29.5 Å². The number of carboxylic acid groups (broad SMARTS) is 2. The molecule has 1 aromatic carbocycles. The number of hydrogen-bond acceptors (Lipinski definition) is 5. The fraction of sp³-hybridized carbons (Fsp3) is 0.250. The van der Waals surface area contributed by atoms with Crippen molar-refractivity contribution in [2.75, 3.05) is 0 Å². The molecule has 0 saturated heterocycles. The number of nitro groups is 1. The van der Waals surface area contributed by atoms with Gasteiger partial charge in [-0.1, -0.05) is 12.1 Å². The second-order valence-corrected chi connectivity index (χ2v) is 4.16. The second kappa shape index (κ2) is 6.98. The highest BCUT2D eigenvalue weighted by Gasteiger charge is 2.23. The van der Waals surface area contributed by atoms with Crippen LogP contribution >= 0.6 is 0 Å². The molecule has 0 heterocycles. The van der Waals surface area contributed by atoms with Gasteiger partial charge in [0.1, 0.15) is 6.04 Å². The first-order chi connectivity index (χ1) is 9.79. The molecule has 1 atom stereocenters. The van der Waals surface area contributed by atoms with Crippen LogP contribution in [0.1, 0.15) is 12.0 Å². The summed E-state index contributed by atoms with van der Waals surface area (Å²) in [7, 11) is 0. The number of nitrogens with one attached hydrogen (secondary N) is 1. The molecule has 112 valence electrons. The molecule has 0 spiro atoms. The van der Waals surface area contributed by atoms with E-state index in [0.29, 0.717) is 5.56 Å². The van der Waals surface area contributed by atoms with Crippen LogP contribution in [-0.4, -0.2) is 39.0 Å². The van der Waals surface area contributed by atoms with Gasteiger partial charge in [0.25, 0.3) is 5.69 Å². The van der Waals surface area contributed by atoms with E-state index in [1.54, 1.807) is 0 Å². The van der Waals surface area contributed by atoms with Crippen molar-refractivity contribution in [2.45, 2.75) is 18.9 Å². The number of nitro benzene ring substituents is 1. The smallest absolute Gasteiger partial charge is 0.326 e. The predicted octanol–water partition coefficient (Wildman–Crippen LogP) is 0.181. The first-order valence-electron chi connectivity index (χ1n) is 5.77. The standard InChI is InChI=1S/C12H12N2O7/c15-10(13-9(12(18)19)6-11(16)17)5-7-1-3-8(4-2-7)14(20)21/h1-4,9H,5-6H2,(H,13,15)(H,16,17)(H,18,19)/t9-/m0/s1. The number of carbonyl (C=O) groups excluding carboxylic acids is 1. The first kappa shape index (κ1) is 16.1. The van der Waals surface area contributed by atoms with Crippen molar-refractivity contribution in [3.8, 4) is 0 Å². The Hall–Kier alpha value is -2.97. The van der Waals surface area contributed by atoms with Crippen LogP contribution in [0.15, 0.2) is 24.3 Å². The highest BCUT2D eigenvalue weighted by Crippen LogP contribution is 2.12. The number of rotatable bonds is 7. The van der Waals surface area contributed by atoms with Gasteiger partial charge in [-0.05, 0) is 5.56 Å². The van der Waals surface area contributed by atoms with Crippen molar-refractivity contribution in [1.29, 1.82) is 0 Å². The Labute approximate surface area is 118 Å². The molecule has 0 aliphatic heterocycles. The minimum absolute atomic E-state index is 0.131. The lowest BCUT2D eigenvalue weighted by Crippen LogP contribution is -2.42. The zero-order chi connectivity index (χ0) is 16.0. The molecule has 0 saturated carbocycles. The lowest BCUT2D eigenvalue weighted by molar-refractivity contribution is -0.384. The van der Waals surface area contributed by atoms with Crippen LogP contribution in [-0.2, 0) is 20.8 Å². The average Bonchev–Trinajstić information content (AvgIpc) is 2.37. The van der Waals surface area contributed by atoms with Gasteiger partial charge in [0.2, 0.25) is 5.91 Å². The Morgan fingerprint density at radius 2 is 1.76 bits per heavy atom. The van der Waals surface area contributed by atoms with E-state index in [2.05, 4.69) is 5.32 Å². The molecule has 0 bridgehead atoms. The topological polar surface area (TPSA) is 147 Å². The number of aliphatic carboxylic acids is 2. The molecule has 21 heavy (non-hydrogen) atoms. The largest absolute Gasteiger partial charge is 0.481 e. The molecule has 3 N–H and O–H groups in total. The summed E-state index contributed by atoms with van der Waals surface area (Å²) in [5.41, 5.74) is 0.311. The summed E-state index contributed by atoms with van der Waals surface area (Å²) in [6.07, 6.45) is -0.942. The molecule has 0 fully saturated rings. The van der Waals surface area contributed by atoms with Crippen molar-refractivity contribution >= 4 is 23.5 Å². The molecular formula is C12H12N2O7. The van der Waals surface area contributed by atoms with E-state index in [4.69, 9.17) is 10.2 Å². The number of non-ortho nitro benzene ring substituents is 1. The highest BCUT2D eigenvalue weighted by atomic mass is 16.6. The summed E-state index contributed by atoms with van der Waals surface area (Å²) >= 11 is 0. The molecular weight excluding hydrogens is 284 g/mol. The second-order valence-electron chi connectivity index (χ2n) is 4.16. The van der Waals surface area contributed by atoms with Crippen molar-refractivity contribution in [3.05, 3.63) is 39.9 Å². The Kier molecular flexibility index (Phi) is 5.35. The maximum absolute atomic E-state index is 11.6. The molecule has 0 aromatic heterocycles. The Bertz CT molecular complexity index is 567. The summed E-state index contributed by atoms with van der Waals surface area (Å²) in [6, 6.07) is 3.64. The number of carboxylic acids is 2. The van der Waals surface area contributed by atoms with Crippen LogP contribution in [0.4, 0.5) is 5.69 Å². The third-order valence-corrected chi connectivity index (χ3v) is 2.52. The molecule has 9 heteroatoms. The van der Waals surface area contributed by atoms with Gasteiger partial charge in [-0.25, -0.2) is 4.79 Å². The minimum atomic E-state index is -1.52. The van der Waals surface area contributed by atoms with Gasteiger partial charge in [-0.15, -0.1) is 0 Å². The van der Waals surface area contributed by atoms with E-state index in [1.807, 2.05) is 0 Å². The SMILES string of the molecule is O=C(O)C[C@H](NC(=O)Cc1ccc([N+](=O)[O-])cc1)C(=O)O. The average molecular weight is 296 g/mol. The monoisotopic (exact) mass is 296 g/mol. The van der Waals surface area contributed by atoms with E-state index in [-0.39, 0.29) is 12.1 Å². The van der Waals surface area contributed by atoms with Crippen LogP contribution in [0.5, 0.6) is 0 Å². The summed E-state index contributed by atoms with van der Waals surface area (Å²) in [6.45, 7) is 0. The minimum Gasteiger partial charge on any atom is -0.481 e. The quantitative estimate of drug-likeness (QED) is 0.480. The van der Waals surface area contributed by atoms with Crippen LogP contribution in [0, 0.1) is 10.1 Å². The molecule has 1 rings (SSSR count). The van der Waals surface area contributed by atoms with Crippen LogP contribution in [0.2, 0.25) is 0 Å².